The van der Waals surface area contributed by atoms with Crippen LogP contribution in [0.3, 0.4) is 0 Å². The van der Waals surface area contributed by atoms with Crippen LogP contribution in [0.5, 0.6) is 0 Å². The number of nitrogens with one attached hydrogen (secondary N) is 2. The monoisotopic (exact) mass is 306 g/mol. The standard InChI is InChI=1S/C15H18N2O5/c1-3-21-12(10-13(18)22-4-2)16-15(20)17-14(19)11-8-6-5-7-9-11/h5-10H,3-4H2,1-2H3,(H2,16,17,19,20). The molecule has 1 rings (SSSR count). The molecule has 0 bridgehead atoms. The average Bonchev–Trinajstić information content (AvgIpc) is 2.48. The third-order valence-corrected chi connectivity index (χ3v) is 2.34. The van der Waals surface area contributed by atoms with Crippen LogP contribution in [-0.4, -0.2) is 31.1 Å². The number of esters is 1. The molecule has 0 aliphatic rings. The van der Waals surface area contributed by atoms with Crippen molar-refractivity contribution in [3.8, 4) is 0 Å². The van der Waals surface area contributed by atoms with Crippen LogP contribution in [0.25, 0.3) is 0 Å². The molecule has 0 fully saturated rings. The van der Waals surface area contributed by atoms with Gasteiger partial charge in [-0.2, -0.15) is 0 Å². The van der Waals surface area contributed by atoms with Gasteiger partial charge >= 0.3 is 12.0 Å². The van der Waals surface area contributed by atoms with E-state index >= 15 is 0 Å². The Morgan fingerprint density at radius 1 is 1.00 bits per heavy atom. The summed E-state index contributed by atoms with van der Waals surface area (Å²) in [5, 5.41) is 4.40. The Bertz CT molecular complexity index is 554. The third kappa shape index (κ3) is 6.08. The minimum atomic E-state index is -0.808. The Morgan fingerprint density at radius 2 is 1.64 bits per heavy atom. The highest BCUT2D eigenvalue weighted by Crippen LogP contribution is 1.98. The topological polar surface area (TPSA) is 93.7 Å². The fourth-order valence-corrected chi connectivity index (χ4v) is 1.47. The summed E-state index contributed by atoms with van der Waals surface area (Å²) in [5.41, 5.74) is 0.338. The van der Waals surface area contributed by atoms with Gasteiger partial charge < -0.3 is 9.47 Å². The number of amides is 3. The second-order valence-electron chi connectivity index (χ2n) is 3.97. The first-order chi connectivity index (χ1) is 10.6. The number of rotatable bonds is 6. The molecule has 0 unspecified atom stereocenters. The van der Waals surface area contributed by atoms with Gasteiger partial charge in [-0.3, -0.25) is 15.4 Å². The number of ether oxygens (including phenoxy) is 2. The van der Waals surface area contributed by atoms with Crippen molar-refractivity contribution in [3.63, 3.8) is 0 Å². The SMILES string of the molecule is CCOC(=O)C=C(NC(=O)NC(=O)c1ccccc1)OCC. The van der Waals surface area contributed by atoms with Gasteiger partial charge in [-0.25, -0.2) is 9.59 Å². The zero-order valence-electron chi connectivity index (χ0n) is 12.4. The van der Waals surface area contributed by atoms with Gasteiger partial charge in [0.2, 0.25) is 5.88 Å². The number of benzene rings is 1. The normalized spacial score (nSPS) is 10.5. The lowest BCUT2D eigenvalue weighted by Crippen LogP contribution is -2.39. The Kier molecular flexibility index (Phi) is 7.18. The van der Waals surface area contributed by atoms with E-state index in [1.165, 1.54) is 0 Å². The van der Waals surface area contributed by atoms with E-state index in [2.05, 4.69) is 10.6 Å². The molecule has 0 saturated heterocycles. The molecule has 7 heteroatoms. The van der Waals surface area contributed by atoms with E-state index in [1.807, 2.05) is 0 Å². The maximum atomic E-state index is 11.8. The van der Waals surface area contributed by atoms with E-state index in [4.69, 9.17) is 9.47 Å². The second-order valence-corrected chi connectivity index (χ2v) is 3.97. The first-order valence-corrected chi connectivity index (χ1v) is 6.75. The van der Waals surface area contributed by atoms with Crippen LogP contribution in [0.1, 0.15) is 24.2 Å². The third-order valence-electron chi connectivity index (χ3n) is 2.34. The van der Waals surface area contributed by atoms with Gasteiger partial charge in [0.05, 0.1) is 19.3 Å². The fourth-order valence-electron chi connectivity index (χ4n) is 1.47. The summed E-state index contributed by atoms with van der Waals surface area (Å²) in [4.78, 5) is 34.9. The summed E-state index contributed by atoms with van der Waals surface area (Å²) >= 11 is 0. The molecule has 0 saturated carbocycles. The van der Waals surface area contributed by atoms with Crippen molar-refractivity contribution in [2.45, 2.75) is 13.8 Å². The van der Waals surface area contributed by atoms with Crippen molar-refractivity contribution in [1.29, 1.82) is 0 Å². The van der Waals surface area contributed by atoms with Gasteiger partial charge in [-0.1, -0.05) is 18.2 Å². The van der Waals surface area contributed by atoms with E-state index in [0.29, 0.717) is 5.56 Å². The molecule has 0 aliphatic carbocycles. The number of urea groups is 1. The minimum absolute atomic E-state index is 0.0979. The van der Waals surface area contributed by atoms with Crippen LogP contribution in [0.15, 0.2) is 42.3 Å². The van der Waals surface area contributed by atoms with E-state index in [1.54, 1.807) is 44.2 Å². The molecular weight excluding hydrogens is 288 g/mol. The van der Waals surface area contributed by atoms with E-state index in [-0.39, 0.29) is 19.1 Å². The quantitative estimate of drug-likeness (QED) is 0.472. The van der Waals surface area contributed by atoms with Gasteiger partial charge in [-0.15, -0.1) is 0 Å². The lowest BCUT2D eigenvalue weighted by atomic mass is 10.2. The van der Waals surface area contributed by atoms with Gasteiger partial charge in [0.1, 0.15) is 0 Å². The van der Waals surface area contributed by atoms with Crippen LogP contribution in [0.4, 0.5) is 4.79 Å². The zero-order valence-corrected chi connectivity index (χ0v) is 12.4. The maximum absolute atomic E-state index is 11.8. The number of carbonyl (C=O) groups excluding carboxylic acids is 3. The molecule has 1 aromatic carbocycles. The van der Waals surface area contributed by atoms with Crippen LogP contribution in [0.2, 0.25) is 0 Å². The summed E-state index contributed by atoms with van der Waals surface area (Å²) in [5.74, 6) is -1.31. The number of imide groups is 1. The molecule has 2 N–H and O–H groups in total. The van der Waals surface area contributed by atoms with Crippen molar-refractivity contribution >= 4 is 17.9 Å². The van der Waals surface area contributed by atoms with E-state index < -0.39 is 17.9 Å². The van der Waals surface area contributed by atoms with Crippen molar-refractivity contribution in [2.24, 2.45) is 0 Å². The van der Waals surface area contributed by atoms with Crippen molar-refractivity contribution < 1.29 is 23.9 Å². The van der Waals surface area contributed by atoms with E-state index in [0.717, 1.165) is 6.08 Å². The number of hydrogen-bond donors (Lipinski definition) is 2. The van der Waals surface area contributed by atoms with Crippen molar-refractivity contribution in [3.05, 3.63) is 47.9 Å². The molecule has 7 nitrogen and oxygen atoms in total. The van der Waals surface area contributed by atoms with Gasteiger partial charge in [0.15, 0.2) is 0 Å². The summed E-state index contributed by atoms with van der Waals surface area (Å²) < 4.78 is 9.81. The second kappa shape index (κ2) is 9.17. The summed E-state index contributed by atoms with van der Waals surface area (Å²) in [7, 11) is 0. The Hall–Kier alpha value is -2.83. The Morgan fingerprint density at radius 3 is 2.23 bits per heavy atom. The number of hydrogen-bond acceptors (Lipinski definition) is 5. The Balaban J connectivity index is 2.64. The van der Waals surface area contributed by atoms with Crippen LogP contribution in [-0.2, 0) is 14.3 Å². The average molecular weight is 306 g/mol. The molecule has 0 atom stereocenters. The first kappa shape index (κ1) is 17.2. The lowest BCUT2D eigenvalue weighted by Gasteiger charge is -2.10. The highest BCUT2D eigenvalue weighted by molar-refractivity contribution is 6.04. The maximum Gasteiger partial charge on any atom is 0.336 e. The van der Waals surface area contributed by atoms with Gasteiger partial charge in [0, 0.05) is 5.56 Å². The molecule has 0 heterocycles. The summed E-state index contributed by atoms with van der Waals surface area (Å²) in [6, 6.07) is 7.45. The van der Waals surface area contributed by atoms with Gasteiger partial charge in [-0.05, 0) is 26.0 Å². The molecule has 118 valence electrons. The highest BCUT2D eigenvalue weighted by Gasteiger charge is 2.12. The molecule has 3 amide bonds. The molecule has 0 aliphatic heterocycles. The smallest absolute Gasteiger partial charge is 0.336 e. The van der Waals surface area contributed by atoms with Crippen LogP contribution in [0, 0.1) is 0 Å². The van der Waals surface area contributed by atoms with Gasteiger partial charge in [0.25, 0.3) is 5.91 Å². The molecule has 1 aromatic rings. The van der Waals surface area contributed by atoms with E-state index in [9.17, 15) is 14.4 Å². The Labute approximate surface area is 128 Å². The predicted molar refractivity (Wildman–Crippen MR) is 78.8 cm³/mol. The minimum Gasteiger partial charge on any atom is -0.479 e. The molecular formula is C15H18N2O5. The first-order valence-electron chi connectivity index (χ1n) is 6.75. The summed E-state index contributed by atoms with van der Waals surface area (Å²) in [6.07, 6.45) is 1.000. The zero-order chi connectivity index (χ0) is 16.4. The van der Waals surface area contributed by atoms with Crippen LogP contribution < -0.4 is 10.6 Å². The molecule has 0 radical (unpaired) electrons. The fraction of sp³-hybridized carbons (Fsp3) is 0.267. The van der Waals surface area contributed by atoms with Crippen LogP contribution >= 0.6 is 0 Å². The molecule has 22 heavy (non-hydrogen) atoms. The molecule has 0 spiro atoms. The summed E-state index contributed by atoms with van der Waals surface area (Å²) in [6.45, 7) is 3.78. The number of carbonyl (C=O) groups is 3. The van der Waals surface area contributed by atoms with Crippen molar-refractivity contribution in [2.75, 3.05) is 13.2 Å². The largest absolute Gasteiger partial charge is 0.479 e. The molecule has 0 aromatic heterocycles. The lowest BCUT2D eigenvalue weighted by molar-refractivity contribution is -0.137. The highest BCUT2D eigenvalue weighted by atomic mass is 16.5. The van der Waals surface area contributed by atoms with Crippen molar-refractivity contribution in [1.82, 2.24) is 10.6 Å². The predicted octanol–water partition coefficient (Wildman–Crippen LogP) is 1.57.